The van der Waals surface area contributed by atoms with Crippen molar-refractivity contribution in [3.63, 3.8) is 0 Å². The molecule has 1 aromatic rings. The van der Waals surface area contributed by atoms with Crippen LogP contribution in [0.15, 0.2) is 27.6 Å². The van der Waals surface area contributed by atoms with E-state index in [1.807, 2.05) is 0 Å². The Morgan fingerprint density at radius 3 is 2.39 bits per heavy atom. The van der Waals surface area contributed by atoms with Crippen LogP contribution in [0.5, 0.6) is 0 Å². The SMILES string of the molecule is C=NC(=N/C(NC)=C(\C)C(F)(F)F)Nc1cn(C(F)F)nc1C. The summed E-state index contributed by atoms with van der Waals surface area (Å²) >= 11 is 0. The van der Waals surface area contributed by atoms with Crippen molar-refractivity contribution in [2.45, 2.75) is 26.6 Å². The van der Waals surface area contributed by atoms with E-state index >= 15 is 0 Å². The zero-order valence-corrected chi connectivity index (χ0v) is 12.5. The fourth-order valence-electron chi connectivity index (χ4n) is 1.50. The van der Waals surface area contributed by atoms with Gasteiger partial charge in [-0.1, -0.05) is 0 Å². The standard InChI is InChI=1S/C12H15F5N6/c1-6(12(15,16)17)9(18-3)21-11(19-4)20-8-5-23(10(13)14)22-7(8)2/h5,10,18H,4H2,1-3H3,(H,20,21)/b9-6+. The van der Waals surface area contributed by atoms with Crippen molar-refractivity contribution >= 4 is 18.4 Å². The van der Waals surface area contributed by atoms with Gasteiger partial charge in [0.1, 0.15) is 5.82 Å². The molecule has 0 unspecified atom stereocenters. The predicted molar refractivity (Wildman–Crippen MR) is 76.6 cm³/mol. The molecule has 0 aliphatic carbocycles. The third-order valence-corrected chi connectivity index (χ3v) is 2.75. The lowest BCUT2D eigenvalue weighted by molar-refractivity contribution is -0.0924. The molecule has 0 aromatic carbocycles. The van der Waals surface area contributed by atoms with Gasteiger partial charge in [-0.2, -0.15) is 32.0 Å². The Kier molecular flexibility index (Phi) is 5.82. The van der Waals surface area contributed by atoms with Crippen LogP contribution in [0.3, 0.4) is 0 Å². The summed E-state index contributed by atoms with van der Waals surface area (Å²) in [5, 5.41) is 8.36. The summed E-state index contributed by atoms with van der Waals surface area (Å²) in [6, 6.07) is 0. The Morgan fingerprint density at radius 2 is 2.00 bits per heavy atom. The minimum absolute atomic E-state index is 0.122. The molecular formula is C12H15F5N6. The second-order valence-corrected chi connectivity index (χ2v) is 4.33. The highest BCUT2D eigenvalue weighted by Gasteiger charge is 2.33. The summed E-state index contributed by atoms with van der Waals surface area (Å²) in [5.74, 6) is -0.777. The molecule has 0 aliphatic rings. The number of nitrogens with one attached hydrogen (secondary N) is 2. The number of halogens is 5. The molecule has 0 amide bonds. The minimum Gasteiger partial charge on any atom is -0.373 e. The molecule has 1 rings (SSSR count). The molecule has 0 saturated carbocycles. The predicted octanol–water partition coefficient (Wildman–Crippen LogP) is 3.07. The van der Waals surface area contributed by atoms with Crippen molar-refractivity contribution in [3.05, 3.63) is 23.3 Å². The maximum absolute atomic E-state index is 12.7. The van der Waals surface area contributed by atoms with E-state index in [1.54, 1.807) is 0 Å². The molecule has 11 heteroatoms. The van der Waals surface area contributed by atoms with E-state index in [9.17, 15) is 22.0 Å². The van der Waals surface area contributed by atoms with Crippen LogP contribution in [0.25, 0.3) is 0 Å². The second kappa shape index (κ2) is 7.20. The third kappa shape index (κ3) is 4.76. The molecule has 0 saturated heterocycles. The van der Waals surface area contributed by atoms with Gasteiger partial charge in [-0.05, 0) is 20.6 Å². The van der Waals surface area contributed by atoms with Crippen LogP contribution in [0.4, 0.5) is 27.6 Å². The fourth-order valence-corrected chi connectivity index (χ4v) is 1.50. The summed E-state index contributed by atoms with van der Waals surface area (Å²) < 4.78 is 63.6. The highest BCUT2D eigenvalue weighted by atomic mass is 19.4. The number of rotatable bonds is 4. The monoisotopic (exact) mass is 338 g/mol. The first-order valence-corrected chi connectivity index (χ1v) is 6.22. The number of aliphatic imine (C=N–C) groups is 2. The van der Waals surface area contributed by atoms with Gasteiger partial charge in [0.15, 0.2) is 0 Å². The largest absolute Gasteiger partial charge is 0.415 e. The normalized spacial score (nSPS) is 13.9. The molecule has 1 heterocycles. The highest BCUT2D eigenvalue weighted by Crippen LogP contribution is 2.27. The lowest BCUT2D eigenvalue weighted by Crippen LogP contribution is -2.19. The molecule has 0 radical (unpaired) electrons. The van der Waals surface area contributed by atoms with Gasteiger partial charge in [-0.3, -0.25) is 0 Å². The second-order valence-electron chi connectivity index (χ2n) is 4.33. The van der Waals surface area contributed by atoms with Crippen molar-refractivity contribution < 1.29 is 22.0 Å². The smallest absolute Gasteiger partial charge is 0.373 e. The van der Waals surface area contributed by atoms with Gasteiger partial charge in [-0.15, -0.1) is 0 Å². The van der Waals surface area contributed by atoms with E-state index in [1.165, 1.54) is 14.0 Å². The minimum atomic E-state index is -4.58. The average Bonchev–Trinajstić information content (AvgIpc) is 2.83. The van der Waals surface area contributed by atoms with Crippen LogP contribution in [0.1, 0.15) is 19.2 Å². The van der Waals surface area contributed by atoms with Crippen molar-refractivity contribution in [2.24, 2.45) is 9.98 Å². The van der Waals surface area contributed by atoms with Crippen molar-refractivity contribution in [2.75, 3.05) is 12.4 Å². The Bertz CT molecular complexity index is 628. The number of aryl methyl sites for hydroxylation is 1. The molecule has 128 valence electrons. The van der Waals surface area contributed by atoms with Gasteiger partial charge in [-0.25, -0.2) is 9.67 Å². The zero-order valence-electron chi connectivity index (χ0n) is 12.5. The van der Waals surface area contributed by atoms with E-state index in [0.29, 0.717) is 4.68 Å². The van der Waals surface area contributed by atoms with Crippen molar-refractivity contribution in [1.82, 2.24) is 15.1 Å². The van der Waals surface area contributed by atoms with Crippen LogP contribution >= 0.6 is 0 Å². The maximum Gasteiger partial charge on any atom is 0.415 e. The number of guanidine groups is 1. The van der Waals surface area contributed by atoms with Crippen molar-refractivity contribution in [1.29, 1.82) is 0 Å². The summed E-state index contributed by atoms with van der Waals surface area (Å²) in [7, 11) is 1.26. The van der Waals surface area contributed by atoms with Crippen LogP contribution in [0.2, 0.25) is 0 Å². The van der Waals surface area contributed by atoms with E-state index < -0.39 is 24.1 Å². The van der Waals surface area contributed by atoms with Gasteiger partial charge in [0.25, 0.3) is 0 Å². The van der Waals surface area contributed by atoms with E-state index in [-0.39, 0.29) is 17.3 Å². The van der Waals surface area contributed by atoms with E-state index in [2.05, 4.69) is 32.4 Å². The lowest BCUT2D eigenvalue weighted by Gasteiger charge is -2.12. The third-order valence-electron chi connectivity index (χ3n) is 2.75. The number of hydrogen-bond donors (Lipinski definition) is 2. The molecule has 23 heavy (non-hydrogen) atoms. The number of allylic oxidation sites excluding steroid dienone is 1. The summed E-state index contributed by atoms with van der Waals surface area (Å²) in [6.07, 6.45) is -3.59. The molecule has 1 aromatic heterocycles. The summed E-state index contributed by atoms with van der Waals surface area (Å²) in [6.45, 7) is 2.63. The number of alkyl halides is 5. The summed E-state index contributed by atoms with van der Waals surface area (Å²) in [4.78, 5) is 7.12. The Hall–Kier alpha value is -2.46. The molecule has 2 N–H and O–H groups in total. The molecule has 0 bridgehead atoms. The highest BCUT2D eigenvalue weighted by molar-refractivity contribution is 5.97. The van der Waals surface area contributed by atoms with Gasteiger partial charge < -0.3 is 10.6 Å². The van der Waals surface area contributed by atoms with Crippen LogP contribution in [-0.4, -0.2) is 35.7 Å². The Labute approximate surface area is 128 Å². The lowest BCUT2D eigenvalue weighted by atomic mass is 10.3. The zero-order chi connectivity index (χ0) is 17.8. The van der Waals surface area contributed by atoms with Gasteiger partial charge >= 0.3 is 12.7 Å². The first kappa shape index (κ1) is 18.6. The van der Waals surface area contributed by atoms with Gasteiger partial charge in [0.05, 0.1) is 23.2 Å². The van der Waals surface area contributed by atoms with E-state index in [0.717, 1.165) is 13.1 Å². The molecule has 0 fully saturated rings. The molecule has 0 atom stereocenters. The van der Waals surface area contributed by atoms with Gasteiger partial charge in [0.2, 0.25) is 5.96 Å². The number of anilines is 1. The Morgan fingerprint density at radius 1 is 1.39 bits per heavy atom. The topological polar surface area (TPSA) is 66.6 Å². The van der Waals surface area contributed by atoms with E-state index in [4.69, 9.17) is 0 Å². The maximum atomic E-state index is 12.7. The Balaban J connectivity index is 3.16. The van der Waals surface area contributed by atoms with Crippen LogP contribution in [-0.2, 0) is 0 Å². The molecule has 0 spiro atoms. The first-order chi connectivity index (χ1) is 10.6. The summed E-state index contributed by atoms with van der Waals surface area (Å²) in [5.41, 5.74) is -0.649. The van der Waals surface area contributed by atoms with Crippen LogP contribution in [0, 0.1) is 6.92 Å². The first-order valence-electron chi connectivity index (χ1n) is 6.22. The average molecular weight is 338 g/mol. The van der Waals surface area contributed by atoms with Crippen molar-refractivity contribution in [3.8, 4) is 0 Å². The van der Waals surface area contributed by atoms with Gasteiger partial charge in [0, 0.05) is 7.05 Å². The quantitative estimate of drug-likeness (QED) is 0.504. The number of nitrogens with zero attached hydrogens (tertiary/aromatic N) is 4. The fraction of sp³-hybridized carbons (Fsp3) is 0.417. The molecule has 0 aliphatic heterocycles. The van der Waals surface area contributed by atoms with Crippen LogP contribution < -0.4 is 10.6 Å². The number of aromatic nitrogens is 2. The molecular weight excluding hydrogens is 323 g/mol. The number of hydrogen-bond acceptors (Lipinski definition) is 3. The molecule has 6 nitrogen and oxygen atoms in total.